The van der Waals surface area contributed by atoms with Crippen LogP contribution < -0.4 is 5.32 Å². The molecule has 0 spiro atoms. The number of nitrogens with zero attached hydrogens (tertiary/aromatic N) is 2. The number of urea groups is 1. The highest BCUT2D eigenvalue weighted by atomic mass is 35.5. The Morgan fingerprint density at radius 3 is 2.89 bits per heavy atom. The molecule has 2 amide bonds. The van der Waals surface area contributed by atoms with E-state index in [0.29, 0.717) is 18.1 Å². The number of carbonyl (C=O) groups excluding carboxylic acids is 1. The van der Waals surface area contributed by atoms with Gasteiger partial charge in [0.2, 0.25) is 0 Å². The fourth-order valence-electron chi connectivity index (χ4n) is 1.64. The van der Waals surface area contributed by atoms with Crippen molar-refractivity contribution in [1.29, 1.82) is 0 Å². The molecule has 106 valence electrons. The number of pyridine rings is 1. The molecule has 0 bridgehead atoms. The fourth-order valence-corrected chi connectivity index (χ4v) is 1.75. The minimum atomic E-state index is -0.139. The van der Waals surface area contributed by atoms with Crippen LogP contribution in [0.15, 0.2) is 18.3 Å². The SMILES string of the molecule is CC(CCCO)NC(=O)N(C)Cc1ccc(Cl)nc1. The van der Waals surface area contributed by atoms with E-state index in [1.165, 1.54) is 0 Å². The molecule has 0 fully saturated rings. The number of aliphatic hydroxyl groups is 1. The highest BCUT2D eigenvalue weighted by molar-refractivity contribution is 6.29. The van der Waals surface area contributed by atoms with Gasteiger partial charge in [0, 0.05) is 32.4 Å². The van der Waals surface area contributed by atoms with E-state index in [0.717, 1.165) is 12.0 Å². The molecule has 0 aliphatic rings. The summed E-state index contributed by atoms with van der Waals surface area (Å²) in [5.74, 6) is 0. The summed E-state index contributed by atoms with van der Waals surface area (Å²) in [4.78, 5) is 17.4. The van der Waals surface area contributed by atoms with Gasteiger partial charge in [-0.25, -0.2) is 9.78 Å². The topological polar surface area (TPSA) is 65.5 Å². The number of halogens is 1. The van der Waals surface area contributed by atoms with Crippen LogP contribution in [0, 0.1) is 0 Å². The molecule has 1 heterocycles. The molecule has 0 saturated carbocycles. The Balaban J connectivity index is 2.42. The van der Waals surface area contributed by atoms with Crippen molar-refractivity contribution in [3.05, 3.63) is 29.0 Å². The standard InChI is InChI=1S/C13H20ClN3O2/c1-10(4-3-7-18)16-13(19)17(2)9-11-5-6-12(14)15-8-11/h5-6,8,10,18H,3-4,7,9H2,1-2H3,(H,16,19). The lowest BCUT2D eigenvalue weighted by molar-refractivity contribution is 0.201. The molecule has 0 saturated heterocycles. The molecule has 1 rings (SSSR count). The summed E-state index contributed by atoms with van der Waals surface area (Å²) in [6.45, 7) is 2.54. The number of hydrogen-bond donors (Lipinski definition) is 2. The first-order valence-electron chi connectivity index (χ1n) is 6.26. The maximum Gasteiger partial charge on any atom is 0.317 e. The number of rotatable bonds is 6. The normalized spacial score (nSPS) is 12.0. The van der Waals surface area contributed by atoms with Gasteiger partial charge in [0.05, 0.1) is 0 Å². The summed E-state index contributed by atoms with van der Waals surface area (Å²) in [5, 5.41) is 12.0. The van der Waals surface area contributed by atoms with Crippen molar-refractivity contribution in [2.75, 3.05) is 13.7 Å². The van der Waals surface area contributed by atoms with Crippen LogP contribution in [0.1, 0.15) is 25.3 Å². The number of nitrogens with one attached hydrogen (secondary N) is 1. The van der Waals surface area contributed by atoms with Crippen LogP contribution >= 0.6 is 11.6 Å². The van der Waals surface area contributed by atoms with Gasteiger partial charge >= 0.3 is 6.03 Å². The molecule has 1 aromatic rings. The quantitative estimate of drug-likeness (QED) is 0.786. The van der Waals surface area contributed by atoms with Crippen molar-refractivity contribution < 1.29 is 9.90 Å². The molecule has 5 nitrogen and oxygen atoms in total. The first kappa shape index (κ1) is 15.7. The zero-order valence-electron chi connectivity index (χ0n) is 11.3. The number of aromatic nitrogens is 1. The predicted octanol–water partition coefficient (Wildman–Crippen LogP) is 2.04. The molecule has 0 aliphatic heterocycles. The van der Waals surface area contributed by atoms with Gasteiger partial charge in [-0.3, -0.25) is 0 Å². The Morgan fingerprint density at radius 2 is 2.32 bits per heavy atom. The minimum absolute atomic E-state index is 0.0467. The molecular weight excluding hydrogens is 266 g/mol. The van der Waals surface area contributed by atoms with Gasteiger partial charge in [-0.2, -0.15) is 0 Å². The molecule has 19 heavy (non-hydrogen) atoms. The first-order chi connectivity index (χ1) is 9.02. The predicted molar refractivity (Wildman–Crippen MR) is 75.0 cm³/mol. The Bertz CT molecular complexity index is 397. The maximum atomic E-state index is 11.9. The average molecular weight is 286 g/mol. The molecule has 1 atom stereocenters. The van der Waals surface area contributed by atoms with Gasteiger partial charge in [0.25, 0.3) is 0 Å². The summed E-state index contributed by atoms with van der Waals surface area (Å²) < 4.78 is 0. The lowest BCUT2D eigenvalue weighted by atomic mass is 10.2. The van der Waals surface area contributed by atoms with Gasteiger partial charge in [-0.15, -0.1) is 0 Å². The zero-order valence-corrected chi connectivity index (χ0v) is 12.0. The van der Waals surface area contributed by atoms with Gasteiger partial charge in [-0.1, -0.05) is 17.7 Å². The first-order valence-corrected chi connectivity index (χ1v) is 6.63. The van der Waals surface area contributed by atoms with Gasteiger partial charge in [0.15, 0.2) is 0 Å². The molecule has 0 aromatic carbocycles. The van der Waals surface area contributed by atoms with Crippen LogP contribution in [-0.4, -0.2) is 40.7 Å². The molecular formula is C13H20ClN3O2. The molecule has 0 radical (unpaired) electrons. The second kappa shape index (κ2) is 7.96. The third-order valence-corrected chi connectivity index (χ3v) is 2.94. The van der Waals surface area contributed by atoms with Crippen molar-refractivity contribution in [3.8, 4) is 0 Å². The molecule has 0 aliphatic carbocycles. The Labute approximate surface area is 118 Å². The van der Waals surface area contributed by atoms with E-state index in [4.69, 9.17) is 16.7 Å². The monoisotopic (exact) mass is 285 g/mol. The molecule has 1 unspecified atom stereocenters. The van der Waals surface area contributed by atoms with Crippen molar-refractivity contribution in [1.82, 2.24) is 15.2 Å². The molecule has 2 N–H and O–H groups in total. The highest BCUT2D eigenvalue weighted by Gasteiger charge is 2.12. The van der Waals surface area contributed by atoms with Crippen molar-refractivity contribution in [3.63, 3.8) is 0 Å². The lowest BCUT2D eigenvalue weighted by Gasteiger charge is -2.21. The Kier molecular flexibility index (Phi) is 6.59. The highest BCUT2D eigenvalue weighted by Crippen LogP contribution is 2.07. The summed E-state index contributed by atoms with van der Waals surface area (Å²) in [6.07, 6.45) is 3.10. The second-order valence-electron chi connectivity index (χ2n) is 4.56. The van der Waals surface area contributed by atoms with Crippen molar-refractivity contribution >= 4 is 17.6 Å². The number of aliphatic hydroxyl groups excluding tert-OH is 1. The van der Waals surface area contributed by atoms with Crippen LogP contribution in [0.25, 0.3) is 0 Å². The molecule has 6 heteroatoms. The summed E-state index contributed by atoms with van der Waals surface area (Å²) in [5.41, 5.74) is 0.921. The summed E-state index contributed by atoms with van der Waals surface area (Å²) in [7, 11) is 1.72. The van der Waals surface area contributed by atoms with Crippen molar-refractivity contribution in [2.24, 2.45) is 0 Å². The number of hydrogen-bond acceptors (Lipinski definition) is 3. The maximum absolute atomic E-state index is 11.9. The summed E-state index contributed by atoms with van der Waals surface area (Å²) in [6, 6.07) is 3.45. The smallest absolute Gasteiger partial charge is 0.317 e. The van der Waals surface area contributed by atoms with Crippen LogP contribution in [0.2, 0.25) is 5.15 Å². The zero-order chi connectivity index (χ0) is 14.3. The number of amides is 2. The summed E-state index contributed by atoms with van der Waals surface area (Å²) >= 11 is 5.70. The fraction of sp³-hybridized carbons (Fsp3) is 0.538. The van der Waals surface area contributed by atoms with Crippen LogP contribution in [-0.2, 0) is 6.54 Å². The van der Waals surface area contributed by atoms with E-state index in [2.05, 4.69) is 10.3 Å². The largest absolute Gasteiger partial charge is 0.396 e. The van der Waals surface area contributed by atoms with Crippen LogP contribution in [0.4, 0.5) is 4.79 Å². The van der Waals surface area contributed by atoms with E-state index < -0.39 is 0 Å². The third-order valence-electron chi connectivity index (χ3n) is 2.72. The Hall–Kier alpha value is -1.33. The van der Waals surface area contributed by atoms with E-state index >= 15 is 0 Å². The van der Waals surface area contributed by atoms with Gasteiger partial charge in [-0.05, 0) is 31.4 Å². The minimum Gasteiger partial charge on any atom is -0.396 e. The molecule has 1 aromatic heterocycles. The third kappa shape index (κ3) is 5.89. The average Bonchev–Trinajstić information content (AvgIpc) is 2.39. The Morgan fingerprint density at radius 1 is 1.58 bits per heavy atom. The van der Waals surface area contributed by atoms with Crippen molar-refractivity contribution in [2.45, 2.75) is 32.4 Å². The van der Waals surface area contributed by atoms with Gasteiger partial charge in [0.1, 0.15) is 5.15 Å². The lowest BCUT2D eigenvalue weighted by Crippen LogP contribution is -2.41. The van der Waals surface area contributed by atoms with E-state index in [-0.39, 0.29) is 18.7 Å². The van der Waals surface area contributed by atoms with E-state index in [1.54, 1.807) is 24.2 Å². The van der Waals surface area contributed by atoms with E-state index in [9.17, 15) is 4.79 Å². The van der Waals surface area contributed by atoms with Crippen LogP contribution in [0.5, 0.6) is 0 Å². The van der Waals surface area contributed by atoms with Crippen LogP contribution in [0.3, 0.4) is 0 Å². The number of carbonyl (C=O) groups is 1. The van der Waals surface area contributed by atoms with E-state index in [1.807, 2.05) is 13.0 Å². The second-order valence-corrected chi connectivity index (χ2v) is 4.95. The van der Waals surface area contributed by atoms with Gasteiger partial charge < -0.3 is 15.3 Å².